The number of piperidine rings is 1. The Hall–Kier alpha value is -1.88. The molecule has 0 saturated carbocycles. The van der Waals surface area contributed by atoms with Crippen molar-refractivity contribution in [1.82, 2.24) is 14.9 Å². The number of fused-ring (bicyclic) bond motifs is 1. The molecule has 2 N–H and O–H groups in total. The van der Waals surface area contributed by atoms with Crippen LogP contribution in [0.2, 0.25) is 0 Å². The number of anilines is 1. The molecule has 1 saturated heterocycles. The van der Waals surface area contributed by atoms with Crippen molar-refractivity contribution in [3.63, 3.8) is 0 Å². The van der Waals surface area contributed by atoms with Crippen molar-refractivity contribution >= 4 is 22.8 Å². The van der Waals surface area contributed by atoms with Crippen LogP contribution in [0.3, 0.4) is 0 Å². The lowest BCUT2D eigenvalue weighted by molar-refractivity contribution is -0.118. The number of rotatable bonds is 6. The second-order valence-electron chi connectivity index (χ2n) is 7.76. The van der Waals surface area contributed by atoms with Gasteiger partial charge in [-0.1, -0.05) is 27.7 Å². The van der Waals surface area contributed by atoms with Gasteiger partial charge in [-0.2, -0.15) is 0 Å². The van der Waals surface area contributed by atoms with Gasteiger partial charge in [-0.25, -0.2) is 4.98 Å². The van der Waals surface area contributed by atoms with Gasteiger partial charge in [0.25, 0.3) is 0 Å². The summed E-state index contributed by atoms with van der Waals surface area (Å²) in [5.41, 5.74) is 3.35. The molecule has 0 spiro atoms. The van der Waals surface area contributed by atoms with E-state index in [1.807, 2.05) is 26.0 Å². The Morgan fingerprint density at radius 1 is 1.27 bits per heavy atom. The molecule has 0 aliphatic carbocycles. The minimum Gasteiger partial charge on any atom is -0.360 e. The summed E-state index contributed by atoms with van der Waals surface area (Å²) in [4.78, 5) is 22.7. The van der Waals surface area contributed by atoms with Crippen LogP contribution in [-0.2, 0) is 4.79 Å². The van der Waals surface area contributed by atoms with Crippen molar-refractivity contribution in [2.75, 3.05) is 18.4 Å². The Balaban J connectivity index is 1.75. The van der Waals surface area contributed by atoms with Crippen LogP contribution in [0.15, 0.2) is 18.3 Å². The van der Waals surface area contributed by atoms with Gasteiger partial charge in [-0.3, -0.25) is 4.79 Å². The Morgan fingerprint density at radius 3 is 2.58 bits per heavy atom. The standard InChI is InChI=1S/C21H32N4O/c1-5-16(6-2)25-11-9-15(10-12-25)17-13-22-18-7-8-19(23-20(17)18)24-21(26)14(3)4/h7-8,13-16,22H,5-6,9-12H2,1-4H3,(H,23,24,26). The van der Waals surface area contributed by atoms with Gasteiger partial charge in [0, 0.05) is 18.2 Å². The molecule has 1 fully saturated rings. The zero-order valence-electron chi connectivity index (χ0n) is 16.5. The number of aromatic amines is 1. The maximum Gasteiger partial charge on any atom is 0.228 e. The summed E-state index contributed by atoms with van der Waals surface area (Å²) in [6.07, 6.45) is 6.92. The Kier molecular flexibility index (Phi) is 5.97. The smallest absolute Gasteiger partial charge is 0.228 e. The minimum atomic E-state index is -0.0485. The predicted octanol–water partition coefficient (Wildman–Crippen LogP) is 4.53. The first kappa shape index (κ1) is 18.9. The molecule has 142 valence electrons. The first-order valence-electron chi connectivity index (χ1n) is 10.1. The number of H-pyrrole nitrogens is 1. The average molecular weight is 357 g/mol. The SMILES string of the molecule is CCC(CC)N1CCC(c2c[nH]c3ccc(NC(=O)C(C)C)nc23)CC1. The fourth-order valence-corrected chi connectivity index (χ4v) is 4.05. The summed E-state index contributed by atoms with van der Waals surface area (Å²) in [6.45, 7) is 10.7. The molecule has 1 amide bonds. The van der Waals surface area contributed by atoms with Crippen LogP contribution in [-0.4, -0.2) is 39.9 Å². The van der Waals surface area contributed by atoms with Crippen LogP contribution >= 0.6 is 0 Å². The number of nitrogens with one attached hydrogen (secondary N) is 2. The quantitative estimate of drug-likeness (QED) is 0.799. The highest BCUT2D eigenvalue weighted by Crippen LogP contribution is 2.34. The van der Waals surface area contributed by atoms with E-state index in [4.69, 9.17) is 4.98 Å². The molecule has 2 aromatic rings. The van der Waals surface area contributed by atoms with Gasteiger partial charge in [0.2, 0.25) is 5.91 Å². The monoisotopic (exact) mass is 356 g/mol. The molecular weight excluding hydrogens is 324 g/mol. The van der Waals surface area contributed by atoms with Crippen molar-refractivity contribution in [3.8, 4) is 0 Å². The maximum atomic E-state index is 12.0. The van der Waals surface area contributed by atoms with Crippen molar-refractivity contribution < 1.29 is 4.79 Å². The summed E-state index contributed by atoms with van der Waals surface area (Å²) in [6, 6.07) is 4.61. The highest BCUT2D eigenvalue weighted by atomic mass is 16.1. The molecule has 0 bridgehead atoms. The first-order chi connectivity index (χ1) is 12.5. The van der Waals surface area contributed by atoms with E-state index in [0.717, 1.165) is 30.2 Å². The van der Waals surface area contributed by atoms with E-state index in [1.165, 1.54) is 31.2 Å². The topological polar surface area (TPSA) is 61.0 Å². The van der Waals surface area contributed by atoms with E-state index in [1.54, 1.807) is 0 Å². The van der Waals surface area contributed by atoms with E-state index in [9.17, 15) is 4.79 Å². The number of hydrogen-bond donors (Lipinski definition) is 2. The zero-order valence-corrected chi connectivity index (χ0v) is 16.5. The molecule has 1 aliphatic rings. The third-order valence-electron chi connectivity index (χ3n) is 5.76. The van der Waals surface area contributed by atoms with Crippen LogP contribution in [0.1, 0.15) is 64.9 Å². The lowest BCUT2D eigenvalue weighted by Gasteiger charge is -2.36. The summed E-state index contributed by atoms with van der Waals surface area (Å²) in [7, 11) is 0. The normalized spacial score (nSPS) is 16.7. The third-order valence-corrected chi connectivity index (χ3v) is 5.76. The highest BCUT2D eigenvalue weighted by Gasteiger charge is 2.26. The maximum absolute atomic E-state index is 12.0. The summed E-state index contributed by atoms with van der Waals surface area (Å²) < 4.78 is 0. The van der Waals surface area contributed by atoms with E-state index >= 15 is 0 Å². The fourth-order valence-electron chi connectivity index (χ4n) is 4.05. The number of likely N-dealkylation sites (tertiary alicyclic amines) is 1. The van der Waals surface area contributed by atoms with Gasteiger partial charge in [-0.15, -0.1) is 0 Å². The second-order valence-corrected chi connectivity index (χ2v) is 7.76. The van der Waals surface area contributed by atoms with Crippen LogP contribution < -0.4 is 5.32 Å². The molecule has 5 heteroatoms. The largest absolute Gasteiger partial charge is 0.360 e. The van der Waals surface area contributed by atoms with Gasteiger partial charge < -0.3 is 15.2 Å². The molecule has 0 unspecified atom stereocenters. The lowest BCUT2D eigenvalue weighted by Crippen LogP contribution is -2.40. The van der Waals surface area contributed by atoms with Crippen molar-refractivity contribution in [2.45, 2.75) is 65.3 Å². The molecular formula is C21H32N4O. The number of hydrogen-bond acceptors (Lipinski definition) is 3. The molecule has 0 radical (unpaired) electrons. The predicted molar refractivity (Wildman–Crippen MR) is 107 cm³/mol. The average Bonchev–Trinajstić information content (AvgIpc) is 3.06. The van der Waals surface area contributed by atoms with E-state index in [-0.39, 0.29) is 11.8 Å². The van der Waals surface area contributed by atoms with Gasteiger partial charge in [0.05, 0.1) is 11.0 Å². The number of nitrogens with zero attached hydrogens (tertiary/aromatic N) is 2. The molecule has 3 rings (SSSR count). The summed E-state index contributed by atoms with van der Waals surface area (Å²) >= 11 is 0. The molecule has 0 aromatic carbocycles. The Bertz CT molecular complexity index is 740. The third kappa shape index (κ3) is 3.93. The second kappa shape index (κ2) is 8.21. The molecule has 26 heavy (non-hydrogen) atoms. The fraction of sp³-hybridized carbons (Fsp3) is 0.619. The molecule has 3 heterocycles. The minimum absolute atomic E-state index is 0.00687. The van der Waals surface area contributed by atoms with Gasteiger partial charge in [-0.05, 0) is 62.4 Å². The molecule has 0 atom stereocenters. The first-order valence-corrected chi connectivity index (χ1v) is 10.1. The lowest BCUT2D eigenvalue weighted by atomic mass is 9.89. The van der Waals surface area contributed by atoms with E-state index < -0.39 is 0 Å². The highest BCUT2D eigenvalue weighted by molar-refractivity contribution is 5.92. The summed E-state index contributed by atoms with van der Waals surface area (Å²) in [5, 5.41) is 2.92. The number of pyridine rings is 1. The van der Waals surface area contributed by atoms with Gasteiger partial charge in [0.1, 0.15) is 5.82 Å². The zero-order chi connectivity index (χ0) is 18.7. The Labute approximate surface area is 156 Å². The van der Waals surface area contributed by atoms with Crippen LogP contribution in [0.5, 0.6) is 0 Å². The van der Waals surface area contributed by atoms with Gasteiger partial charge >= 0.3 is 0 Å². The number of aromatic nitrogens is 2. The van der Waals surface area contributed by atoms with Crippen molar-refractivity contribution in [3.05, 3.63) is 23.9 Å². The van der Waals surface area contributed by atoms with E-state index in [0.29, 0.717) is 11.7 Å². The molecule has 2 aromatic heterocycles. The number of carbonyl (C=O) groups excluding carboxylic acids is 1. The van der Waals surface area contributed by atoms with Crippen molar-refractivity contribution in [1.29, 1.82) is 0 Å². The van der Waals surface area contributed by atoms with Gasteiger partial charge in [0.15, 0.2) is 0 Å². The van der Waals surface area contributed by atoms with Crippen LogP contribution in [0, 0.1) is 5.92 Å². The molecule has 5 nitrogen and oxygen atoms in total. The van der Waals surface area contributed by atoms with Crippen LogP contribution in [0.25, 0.3) is 11.0 Å². The van der Waals surface area contributed by atoms with Crippen molar-refractivity contribution in [2.24, 2.45) is 5.92 Å². The van der Waals surface area contributed by atoms with Crippen LogP contribution in [0.4, 0.5) is 5.82 Å². The number of amides is 1. The Morgan fingerprint density at radius 2 is 1.96 bits per heavy atom. The summed E-state index contributed by atoms with van der Waals surface area (Å²) in [5.74, 6) is 1.14. The van der Waals surface area contributed by atoms with E-state index in [2.05, 4.69) is 35.2 Å². The molecule has 1 aliphatic heterocycles. The number of carbonyl (C=O) groups is 1.